The third-order valence-electron chi connectivity index (χ3n) is 1.36. The van der Waals surface area contributed by atoms with E-state index in [2.05, 4.69) is 5.48 Å². The molecule has 1 rings (SSSR count). The summed E-state index contributed by atoms with van der Waals surface area (Å²) in [6, 6.07) is 5.89. The Kier molecular flexibility index (Phi) is 3.54. The van der Waals surface area contributed by atoms with E-state index in [1.54, 1.807) is 12.1 Å². The second-order valence-corrected chi connectivity index (χ2v) is 2.45. The van der Waals surface area contributed by atoms with Crippen LogP contribution >= 0.6 is 0 Å². The first-order valence-electron chi connectivity index (χ1n) is 3.98. The van der Waals surface area contributed by atoms with Gasteiger partial charge in [-0.15, -0.1) is 0 Å². The van der Waals surface area contributed by atoms with Gasteiger partial charge >= 0.3 is 0 Å². The Morgan fingerprint density at radius 2 is 2.00 bits per heavy atom. The van der Waals surface area contributed by atoms with Crippen LogP contribution in [0.4, 0.5) is 4.39 Å². The van der Waals surface area contributed by atoms with Gasteiger partial charge in [-0.05, 0) is 30.7 Å². The largest absolute Gasteiger partial charge is 0.409 e. The monoisotopic (exact) mass is 169 g/mol. The molecular weight excluding hydrogens is 157 g/mol. The van der Waals surface area contributed by atoms with Crippen molar-refractivity contribution >= 4 is 0 Å². The molecule has 2 nitrogen and oxygen atoms in total. The van der Waals surface area contributed by atoms with Crippen molar-refractivity contribution in [3.8, 4) is 5.75 Å². The lowest BCUT2D eigenvalue weighted by Crippen LogP contribution is -2.18. The summed E-state index contributed by atoms with van der Waals surface area (Å²) >= 11 is 0. The Bertz CT molecular complexity index is 222. The molecule has 1 N–H and O–H groups in total. The first-order valence-corrected chi connectivity index (χ1v) is 3.98. The van der Waals surface area contributed by atoms with Crippen LogP contribution in [0.15, 0.2) is 24.3 Å². The Labute approximate surface area is 71.3 Å². The van der Waals surface area contributed by atoms with Crippen molar-refractivity contribution in [2.75, 3.05) is 6.54 Å². The van der Waals surface area contributed by atoms with Crippen molar-refractivity contribution in [2.45, 2.75) is 13.3 Å². The van der Waals surface area contributed by atoms with Crippen molar-refractivity contribution in [3.63, 3.8) is 0 Å². The third-order valence-corrected chi connectivity index (χ3v) is 1.36. The van der Waals surface area contributed by atoms with Gasteiger partial charge in [-0.3, -0.25) is 0 Å². The van der Waals surface area contributed by atoms with Gasteiger partial charge in [0.1, 0.15) is 11.6 Å². The van der Waals surface area contributed by atoms with Crippen LogP contribution < -0.4 is 10.3 Å². The van der Waals surface area contributed by atoms with Crippen molar-refractivity contribution in [1.82, 2.24) is 5.48 Å². The Hall–Kier alpha value is -1.09. The van der Waals surface area contributed by atoms with Crippen LogP contribution in [-0.2, 0) is 0 Å². The van der Waals surface area contributed by atoms with Crippen molar-refractivity contribution < 1.29 is 9.23 Å². The van der Waals surface area contributed by atoms with Gasteiger partial charge in [0.2, 0.25) is 0 Å². The molecule has 0 saturated heterocycles. The zero-order valence-electron chi connectivity index (χ0n) is 7.01. The predicted octanol–water partition coefficient (Wildman–Crippen LogP) is 2.12. The minimum absolute atomic E-state index is 0.252. The van der Waals surface area contributed by atoms with E-state index in [0.29, 0.717) is 5.75 Å². The van der Waals surface area contributed by atoms with Crippen molar-refractivity contribution in [2.24, 2.45) is 0 Å². The minimum atomic E-state index is -0.252. The van der Waals surface area contributed by atoms with E-state index in [1.165, 1.54) is 12.1 Å². The second kappa shape index (κ2) is 4.72. The molecule has 0 fully saturated rings. The molecule has 0 atom stereocenters. The van der Waals surface area contributed by atoms with E-state index in [0.717, 1.165) is 13.0 Å². The molecule has 0 amide bonds. The van der Waals surface area contributed by atoms with Crippen LogP contribution in [0.2, 0.25) is 0 Å². The van der Waals surface area contributed by atoms with Gasteiger partial charge in [-0.25, -0.2) is 4.39 Å². The van der Waals surface area contributed by atoms with Crippen LogP contribution in [0.25, 0.3) is 0 Å². The predicted molar refractivity (Wildman–Crippen MR) is 45.3 cm³/mol. The summed E-state index contributed by atoms with van der Waals surface area (Å²) in [5, 5.41) is 0. The maximum atomic E-state index is 12.4. The third kappa shape index (κ3) is 2.88. The summed E-state index contributed by atoms with van der Waals surface area (Å²) in [5.74, 6) is 0.377. The molecule has 0 bridgehead atoms. The van der Waals surface area contributed by atoms with Crippen LogP contribution in [0.1, 0.15) is 13.3 Å². The smallest absolute Gasteiger partial charge is 0.147 e. The SMILES string of the molecule is CCCNOc1ccc(F)cc1. The molecule has 0 saturated carbocycles. The maximum absolute atomic E-state index is 12.4. The fraction of sp³-hybridized carbons (Fsp3) is 0.333. The van der Waals surface area contributed by atoms with Gasteiger partial charge < -0.3 is 4.84 Å². The average Bonchev–Trinajstić information content (AvgIpc) is 2.09. The normalized spacial score (nSPS) is 9.83. The topological polar surface area (TPSA) is 21.3 Å². The lowest BCUT2D eigenvalue weighted by atomic mass is 10.3. The van der Waals surface area contributed by atoms with Crippen LogP contribution in [0, 0.1) is 5.82 Å². The molecule has 0 unspecified atom stereocenters. The number of nitrogens with one attached hydrogen (secondary N) is 1. The van der Waals surface area contributed by atoms with Crippen LogP contribution in [0.5, 0.6) is 5.75 Å². The highest BCUT2D eigenvalue weighted by molar-refractivity contribution is 5.21. The number of rotatable bonds is 4. The average molecular weight is 169 g/mol. The Balaban J connectivity index is 2.37. The molecular formula is C9H12FNO. The Morgan fingerprint density at radius 1 is 1.33 bits per heavy atom. The van der Waals surface area contributed by atoms with Crippen molar-refractivity contribution in [1.29, 1.82) is 0 Å². The van der Waals surface area contributed by atoms with E-state index in [1.807, 2.05) is 6.92 Å². The van der Waals surface area contributed by atoms with Crippen LogP contribution in [0.3, 0.4) is 0 Å². The molecule has 0 heterocycles. The fourth-order valence-electron chi connectivity index (χ4n) is 0.739. The zero-order valence-corrected chi connectivity index (χ0v) is 7.01. The standard InChI is InChI=1S/C9H12FNO/c1-2-7-11-12-9-5-3-8(10)4-6-9/h3-6,11H,2,7H2,1H3. The summed E-state index contributed by atoms with van der Waals surface area (Å²) < 4.78 is 12.4. The quantitative estimate of drug-likeness (QED) is 0.550. The number of benzene rings is 1. The maximum Gasteiger partial charge on any atom is 0.147 e. The second-order valence-electron chi connectivity index (χ2n) is 2.45. The summed E-state index contributed by atoms with van der Waals surface area (Å²) in [6.07, 6.45) is 1.00. The van der Waals surface area contributed by atoms with E-state index >= 15 is 0 Å². The van der Waals surface area contributed by atoms with Gasteiger partial charge in [0.15, 0.2) is 0 Å². The zero-order chi connectivity index (χ0) is 8.81. The van der Waals surface area contributed by atoms with Crippen molar-refractivity contribution in [3.05, 3.63) is 30.1 Å². The highest BCUT2D eigenvalue weighted by Crippen LogP contribution is 2.09. The van der Waals surface area contributed by atoms with Gasteiger partial charge in [-0.2, -0.15) is 5.48 Å². The van der Waals surface area contributed by atoms with E-state index < -0.39 is 0 Å². The van der Waals surface area contributed by atoms with E-state index in [-0.39, 0.29) is 5.82 Å². The molecule has 12 heavy (non-hydrogen) atoms. The lowest BCUT2D eigenvalue weighted by Gasteiger charge is -2.04. The van der Waals surface area contributed by atoms with Gasteiger partial charge in [-0.1, -0.05) is 6.92 Å². The molecule has 0 spiro atoms. The molecule has 0 radical (unpaired) electrons. The van der Waals surface area contributed by atoms with E-state index in [4.69, 9.17) is 4.84 Å². The number of halogens is 1. The molecule has 1 aromatic rings. The minimum Gasteiger partial charge on any atom is -0.409 e. The first-order chi connectivity index (χ1) is 5.83. The first kappa shape index (κ1) is 9.00. The van der Waals surface area contributed by atoms with Gasteiger partial charge in [0, 0.05) is 6.54 Å². The van der Waals surface area contributed by atoms with Crippen LogP contribution in [-0.4, -0.2) is 6.54 Å². The summed E-state index contributed by atoms with van der Waals surface area (Å²) in [4.78, 5) is 5.08. The molecule has 66 valence electrons. The lowest BCUT2D eigenvalue weighted by molar-refractivity contribution is 0.196. The molecule has 1 aromatic carbocycles. The molecule has 0 aliphatic rings. The van der Waals surface area contributed by atoms with Gasteiger partial charge in [0.05, 0.1) is 0 Å². The fourth-order valence-corrected chi connectivity index (χ4v) is 0.739. The molecule has 0 aliphatic heterocycles. The number of hydrogen-bond acceptors (Lipinski definition) is 2. The molecule has 0 aliphatic carbocycles. The van der Waals surface area contributed by atoms with Gasteiger partial charge in [0.25, 0.3) is 0 Å². The Morgan fingerprint density at radius 3 is 2.58 bits per heavy atom. The summed E-state index contributed by atoms with van der Waals surface area (Å²) in [7, 11) is 0. The highest BCUT2D eigenvalue weighted by Gasteiger charge is 1.92. The highest BCUT2D eigenvalue weighted by atomic mass is 19.1. The number of hydroxylamine groups is 1. The molecule has 0 aromatic heterocycles. The number of hydrogen-bond donors (Lipinski definition) is 1. The molecule has 3 heteroatoms. The van der Waals surface area contributed by atoms with E-state index in [9.17, 15) is 4.39 Å². The summed E-state index contributed by atoms with van der Waals surface area (Å²) in [5.41, 5.74) is 2.75. The summed E-state index contributed by atoms with van der Waals surface area (Å²) in [6.45, 7) is 2.83.